The van der Waals surface area contributed by atoms with Gasteiger partial charge in [-0.1, -0.05) is 11.6 Å². The molecule has 3 N–H and O–H groups in total. The molecule has 164 valence electrons. The number of ether oxygens (including phenoxy) is 1. The maximum atomic E-state index is 11.6. The topological polar surface area (TPSA) is 91.7 Å². The normalized spacial score (nSPS) is 20.0. The summed E-state index contributed by atoms with van der Waals surface area (Å²) in [6.07, 6.45) is 3.62. The van der Waals surface area contributed by atoms with Crippen molar-refractivity contribution in [1.82, 2.24) is 10.3 Å². The predicted octanol–water partition coefficient (Wildman–Crippen LogP) is 4.75. The number of rotatable bonds is 7. The number of carboxylic acid groups (broad SMARTS) is 1. The van der Waals surface area contributed by atoms with Crippen LogP contribution in [0.4, 0.5) is 0 Å². The number of aromatic nitrogens is 1. The van der Waals surface area contributed by atoms with Crippen molar-refractivity contribution in [2.24, 2.45) is 5.92 Å². The third kappa shape index (κ3) is 4.70. The van der Waals surface area contributed by atoms with Gasteiger partial charge in [-0.05, 0) is 73.7 Å². The number of hydrogen-bond donors (Lipinski definition) is 3. The highest BCUT2D eigenvalue weighted by Crippen LogP contribution is 2.39. The zero-order valence-electron chi connectivity index (χ0n) is 17.2. The molecule has 3 atom stereocenters. The SMILES string of the molecule is COc1ccc2nccc(C(O)CCc3cc(C4NCCCC4C(=O)O)sc3Cl)c2c1. The molecule has 0 bridgehead atoms. The number of methoxy groups -OCH3 is 1. The number of thiophene rings is 1. The molecular formula is C23H25ClN2O4S. The summed E-state index contributed by atoms with van der Waals surface area (Å²) >= 11 is 7.92. The molecule has 3 aromatic rings. The number of carbonyl (C=O) groups is 1. The van der Waals surface area contributed by atoms with Gasteiger partial charge in [0.2, 0.25) is 0 Å². The predicted molar refractivity (Wildman–Crippen MR) is 122 cm³/mol. The van der Waals surface area contributed by atoms with E-state index in [1.807, 2.05) is 30.3 Å². The fraction of sp³-hybridized carbons (Fsp3) is 0.391. The van der Waals surface area contributed by atoms with Crippen molar-refractivity contribution in [2.75, 3.05) is 13.7 Å². The molecule has 0 saturated carbocycles. The number of carboxylic acids is 1. The molecule has 1 aromatic carbocycles. The van der Waals surface area contributed by atoms with Crippen molar-refractivity contribution in [1.29, 1.82) is 0 Å². The lowest BCUT2D eigenvalue weighted by molar-refractivity contribution is -0.143. The summed E-state index contributed by atoms with van der Waals surface area (Å²) in [5, 5.41) is 24.7. The molecule has 2 aromatic heterocycles. The van der Waals surface area contributed by atoms with Gasteiger partial charge in [-0.3, -0.25) is 9.78 Å². The molecule has 0 amide bonds. The molecule has 1 aliphatic rings. The Bertz CT molecular complexity index is 1090. The first-order chi connectivity index (χ1) is 15.0. The monoisotopic (exact) mass is 460 g/mol. The van der Waals surface area contributed by atoms with Gasteiger partial charge in [0, 0.05) is 16.5 Å². The minimum Gasteiger partial charge on any atom is -0.497 e. The fourth-order valence-electron chi connectivity index (χ4n) is 4.22. The Morgan fingerprint density at radius 2 is 2.23 bits per heavy atom. The number of aliphatic carboxylic acids is 1. The number of nitrogens with zero attached hydrogens (tertiary/aromatic N) is 1. The van der Waals surface area contributed by atoms with E-state index in [4.69, 9.17) is 16.3 Å². The molecule has 0 spiro atoms. The Hall–Kier alpha value is -2.19. The van der Waals surface area contributed by atoms with Gasteiger partial charge in [0.15, 0.2) is 0 Å². The van der Waals surface area contributed by atoms with Gasteiger partial charge in [-0.15, -0.1) is 11.3 Å². The third-order valence-corrected chi connectivity index (χ3v) is 7.41. The zero-order chi connectivity index (χ0) is 22.0. The molecule has 0 aliphatic carbocycles. The quantitative estimate of drug-likeness (QED) is 0.471. The Morgan fingerprint density at radius 3 is 3.00 bits per heavy atom. The standard InChI is InChI=1S/C23H25ClN2O4S/c1-30-14-5-6-18-17(12-14)15(8-10-25-18)19(27)7-4-13-11-20(31-22(13)24)21-16(23(28)29)3-2-9-26-21/h5-6,8,10-12,16,19,21,26-27H,2-4,7,9H2,1H3,(H,28,29). The van der Waals surface area contributed by atoms with Crippen LogP contribution in [0.2, 0.25) is 4.34 Å². The average molecular weight is 461 g/mol. The summed E-state index contributed by atoms with van der Waals surface area (Å²) in [6.45, 7) is 0.802. The van der Waals surface area contributed by atoms with Crippen LogP contribution in [0.5, 0.6) is 5.75 Å². The van der Waals surface area contributed by atoms with Crippen molar-refractivity contribution in [3.63, 3.8) is 0 Å². The molecule has 8 heteroatoms. The van der Waals surface area contributed by atoms with E-state index in [-0.39, 0.29) is 6.04 Å². The molecular weight excluding hydrogens is 436 g/mol. The van der Waals surface area contributed by atoms with Gasteiger partial charge < -0.3 is 20.3 Å². The summed E-state index contributed by atoms with van der Waals surface area (Å²) in [5.74, 6) is -0.508. The molecule has 3 unspecified atom stereocenters. The van der Waals surface area contributed by atoms with Crippen LogP contribution in [0.25, 0.3) is 10.9 Å². The molecule has 3 heterocycles. The van der Waals surface area contributed by atoms with Crippen LogP contribution >= 0.6 is 22.9 Å². The molecule has 1 aliphatic heterocycles. The average Bonchev–Trinajstić information content (AvgIpc) is 3.16. The van der Waals surface area contributed by atoms with Crippen LogP contribution < -0.4 is 10.1 Å². The minimum absolute atomic E-state index is 0.218. The molecule has 6 nitrogen and oxygen atoms in total. The number of nitrogens with one attached hydrogen (secondary N) is 1. The first-order valence-corrected chi connectivity index (χ1v) is 11.5. The molecule has 31 heavy (non-hydrogen) atoms. The van der Waals surface area contributed by atoms with Crippen LogP contribution in [0.15, 0.2) is 36.5 Å². The van der Waals surface area contributed by atoms with Gasteiger partial charge in [0.05, 0.1) is 35.0 Å². The minimum atomic E-state index is -0.779. The smallest absolute Gasteiger partial charge is 0.308 e. The number of benzene rings is 1. The largest absolute Gasteiger partial charge is 0.497 e. The van der Waals surface area contributed by atoms with Crippen LogP contribution in [0.1, 0.15) is 47.4 Å². The number of halogens is 1. The number of fused-ring (bicyclic) bond motifs is 1. The second-order valence-corrected chi connectivity index (χ2v) is 9.49. The first kappa shape index (κ1) is 22.0. The zero-order valence-corrected chi connectivity index (χ0v) is 18.7. The number of hydrogen-bond acceptors (Lipinski definition) is 6. The Kier molecular flexibility index (Phi) is 6.77. The van der Waals surface area contributed by atoms with Gasteiger partial charge >= 0.3 is 5.97 Å². The van der Waals surface area contributed by atoms with Gasteiger partial charge in [-0.25, -0.2) is 0 Å². The van der Waals surface area contributed by atoms with Crippen LogP contribution in [-0.4, -0.2) is 34.8 Å². The lowest BCUT2D eigenvalue weighted by atomic mass is 9.89. The first-order valence-electron chi connectivity index (χ1n) is 10.3. The Labute approximate surface area is 189 Å². The molecule has 0 radical (unpaired) electrons. The lowest BCUT2D eigenvalue weighted by Crippen LogP contribution is -2.37. The van der Waals surface area contributed by atoms with E-state index in [0.29, 0.717) is 29.3 Å². The summed E-state index contributed by atoms with van der Waals surface area (Å²) in [4.78, 5) is 17.0. The maximum Gasteiger partial charge on any atom is 0.308 e. The fourth-order valence-corrected chi connectivity index (χ4v) is 5.71. The molecule has 1 saturated heterocycles. The second kappa shape index (κ2) is 9.53. The van der Waals surface area contributed by atoms with Crippen LogP contribution in [0.3, 0.4) is 0 Å². The van der Waals surface area contributed by atoms with Crippen molar-refractivity contribution >= 4 is 39.8 Å². The van der Waals surface area contributed by atoms with E-state index in [0.717, 1.165) is 39.9 Å². The van der Waals surface area contributed by atoms with E-state index < -0.39 is 18.0 Å². The highest BCUT2D eigenvalue weighted by molar-refractivity contribution is 7.16. The number of aliphatic hydroxyl groups is 1. The number of aliphatic hydroxyl groups excluding tert-OH is 1. The Balaban J connectivity index is 1.51. The van der Waals surface area contributed by atoms with Crippen molar-refractivity contribution in [2.45, 2.75) is 37.8 Å². The highest BCUT2D eigenvalue weighted by Gasteiger charge is 2.33. The summed E-state index contributed by atoms with van der Waals surface area (Å²) < 4.78 is 5.97. The number of aryl methyl sites for hydroxylation is 1. The Morgan fingerprint density at radius 1 is 1.39 bits per heavy atom. The maximum absolute atomic E-state index is 11.6. The summed E-state index contributed by atoms with van der Waals surface area (Å²) in [7, 11) is 1.61. The van der Waals surface area contributed by atoms with Crippen molar-refractivity contribution in [3.05, 3.63) is 56.9 Å². The van der Waals surface area contributed by atoms with Gasteiger partial charge in [-0.2, -0.15) is 0 Å². The number of pyridine rings is 1. The lowest BCUT2D eigenvalue weighted by Gasteiger charge is -2.28. The van der Waals surface area contributed by atoms with Gasteiger partial charge in [0.1, 0.15) is 5.75 Å². The van der Waals surface area contributed by atoms with E-state index in [1.54, 1.807) is 13.3 Å². The van der Waals surface area contributed by atoms with Crippen molar-refractivity contribution in [3.8, 4) is 5.75 Å². The van der Waals surface area contributed by atoms with Crippen LogP contribution in [0, 0.1) is 5.92 Å². The van der Waals surface area contributed by atoms with E-state index in [9.17, 15) is 15.0 Å². The van der Waals surface area contributed by atoms with Crippen molar-refractivity contribution < 1.29 is 19.7 Å². The van der Waals surface area contributed by atoms with E-state index >= 15 is 0 Å². The molecule has 1 fully saturated rings. The summed E-state index contributed by atoms with van der Waals surface area (Å²) in [5.41, 5.74) is 2.54. The third-order valence-electron chi connectivity index (χ3n) is 5.89. The van der Waals surface area contributed by atoms with E-state index in [2.05, 4.69) is 10.3 Å². The molecule has 4 rings (SSSR count). The van der Waals surface area contributed by atoms with Crippen LogP contribution in [-0.2, 0) is 11.2 Å². The number of piperidine rings is 1. The summed E-state index contributed by atoms with van der Waals surface area (Å²) in [6, 6.07) is 9.22. The van der Waals surface area contributed by atoms with E-state index in [1.165, 1.54) is 11.3 Å². The second-order valence-electron chi connectivity index (χ2n) is 7.80. The van der Waals surface area contributed by atoms with Gasteiger partial charge in [0.25, 0.3) is 0 Å². The highest BCUT2D eigenvalue weighted by atomic mass is 35.5.